The Labute approximate surface area is 194 Å². The molecule has 1 fully saturated rings. The molecule has 3 aromatic rings. The molecule has 4 rings (SSSR count). The summed E-state index contributed by atoms with van der Waals surface area (Å²) in [5, 5.41) is 13.3. The summed E-state index contributed by atoms with van der Waals surface area (Å²) in [6.45, 7) is 5.81. The van der Waals surface area contributed by atoms with Crippen LogP contribution in [0.4, 0.5) is 5.69 Å². The van der Waals surface area contributed by atoms with Crippen LogP contribution in [0.5, 0.6) is 0 Å². The van der Waals surface area contributed by atoms with Gasteiger partial charge in [0.25, 0.3) is 5.91 Å². The van der Waals surface area contributed by atoms with Gasteiger partial charge in [-0.05, 0) is 57.2 Å². The number of imidazole rings is 1. The summed E-state index contributed by atoms with van der Waals surface area (Å²) in [5.41, 5.74) is 5.22. The number of rotatable bonds is 6. The highest BCUT2D eigenvalue weighted by Gasteiger charge is 2.32. The highest BCUT2D eigenvalue weighted by molar-refractivity contribution is 6.00. The molecule has 1 aromatic carbocycles. The number of benzene rings is 1. The zero-order valence-corrected chi connectivity index (χ0v) is 19.7. The van der Waals surface area contributed by atoms with E-state index in [9.17, 15) is 9.59 Å². The van der Waals surface area contributed by atoms with Crippen LogP contribution >= 0.6 is 0 Å². The summed E-state index contributed by atoms with van der Waals surface area (Å²) in [6.07, 6.45) is 6.75. The van der Waals surface area contributed by atoms with Gasteiger partial charge < -0.3 is 15.2 Å². The van der Waals surface area contributed by atoms with Gasteiger partial charge in [0.05, 0.1) is 11.9 Å². The van der Waals surface area contributed by atoms with Crippen LogP contribution in [0.15, 0.2) is 30.5 Å². The molecule has 1 saturated carbocycles. The van der Waals surface area contributed by atoms with Crippen molar-refractivity contribution in [2.75, 3.05) is 5.32 Å². The molecule has 0 bridgehead atoms. The quantitative estimate of drug-likeness (QED) is 0.529. The van der Waals surface area contributed by atoms with Crippen molar-refractivity contribution in [1.29, 1.82) is 0 Å². The van der Waals surface area contributed by atoms with Crippen LogP contribution < -0.4 is 10.6 Å². The molecular formula is C25H32N6O2. The van der Waals surface area contributed by atoms with Crippen LogP contribution in [-0.4, -0.2) is 37.6 Å². The molecule has 3 N–H and O–H groups in total. The van der Waals surface area contributed by atoms with Crippen LogP contribution in [0, 0.1) is 26.7 Å². The van der Waals surface area contributed by atoms with E-state index in [0.717, 1.165) is 54.0 Å². The third kappa shape index (κ3) is 4.84. The Morgan fingerprint density at radius 3 is 2.36 bits per heavy atom. The minimum Gasteiger partial charge on any atom is -0.339 e. The number of aromatic nitrogens is 4. The minimum atomic E-state index is -0.592. The fourth-order valence-electron chi connectivity index (χ4n) is 4.71. The van der Waals surface area contributed by atoms with Crippen molar-refractivity contribution in [3.05, 3.63) is 53.4 Å². The van der Waals surface area contributed by atoms with E-state index in [4.69, 9.17) is 0 Å². The van der Waals surface area contributed by atoms with Crippen LogP contribution in [0.25, 0.3) is 11.1 Å². The van der Waals surface area contributed by atoms with E-state index in [1.165, 1.54) is 6.42 Å². The Kier molecular flexibility index (Phi) is 6.62. The summed E-state index contributed by atoms with van der Waals surface area (Å²) in [7, 11) is 1.80. The number of H-pyrrole nitrogens is 1. The molecule has 0 saturated heterocycles. The highest BCUT2D eigenvalue weighted by Crippen LogP contribution is 2.29. The monoisotopic (exact) mass is 448 g/mol. The average molecular weight is 449 g/mol. The fourth-order valence-corrected chi connectivity index (χ4v) is 4.71. The van der Waals surface area contributed by atoms with Gasteiger partial charge in [0.1, 0.15) is 17.6 Å². The smallest absolute Gasteiger partial charge is 0.270 e. The first-order chi connectivity index (χ1) is 15.8. The maximum absolute atomic E-state index is 13.3. The zero-order valence-electron chi connectivity index (χ0n) is 19.7. The Balaban J connectivity index is 1.51. The van der Waals surface area contributed by atoms with Crippen molar-refractivity contribution < 1.29 is 9.59 Å². The van der Waals surface area contributed by atoms with E-state index in [-0.39, 0.29) is 17.7 Å². The van der Waals surface area contributed by atoms with Gasteiger partial charge in [-0.15, -0.1) is 0 Å². The molecule has 8 heteroatoms. The second-order valence-corrected chi connectivity index (χ2v) is 8.97. The summed E-state index contributed by atoms with van der Waals surface area (Å²) >= 11 is 0. The van der Waals surface area contributed by atoms with Crippen molar-refractivity contribution in [1.82, 2.24) is 25.1 Å². The molecule has 8 nitrogen and oxygen atoms in total. The standard InChI is InChI=1S/C25H32N6O2/c1-15-22(16(2)30-29-15)18-10-12-20(13-11-18)27-25(33)23(19-8-6-5-7-9-19)28-24(32)21-14-26-17(3)31(21)4/h10-14,19,23H,5-9H2,1-4H3,(H,27,33)(H,28,32)(H,29,30)/t23-/m0/s1. The third-order valence-corrected chi connectivity index (χ3v) is 6.71. The predicted octanol–water partition coefficient (Wildman–Crippen LogP) is 4.05. The van der Waals surface area contributed by atoms with Gasteiger partial charge in [-0.3, -0.25) is 14.7 Å². The Morgan fingerprint density at radius 1 is 1.09 bits per heavy atom. The maximum Gasteiger partial charge on any atom is 0.270 e. The molecule has 1 aliphatic rings. The number of nitrogens with zero attached hydrogens (tertiary/aromatic N) is 3. The van der Waals surface area contributed by atoms with E-state index >= 15 is 0 Å². The first-order valence-electron chi connectivity index (χ1n) is 11.6. The molecule has 33 heavy (non-hydrogen) atoms. The van der Waals surface area contributed by atoms with Crippen LogP contribution in [0.2, 0.25) is 0 Å². The Hall–Kier alpha value is -3.42. The van der Waals surface area contributed by atoms with Gasteiger partial charge in [-0.25, -0.2) is 4.98 Å². The number of amides is 2. The number of carbonyl (C=O) groups is 2. The summed E-state index contributed by atoms with van der Waals surface area (Å²) in [6, 6.07) is 7.15. The van der Waals surface area contributed by atoms with Crippen LogP contribution in [0.3, 0.4) is 0 Å². The number of aromatic amines is 1. The SMILES string of the molecule is Cc1n[nH]c(C)c1-c1ccc(NC(=O)[C@@H](NC(=O)c2cnc(C)n2C)C2CCCCC2)cc1. The van der Waals surface area contributed by atoms with E-state index in [0.29, 0.717) is 11.4 Å². The van der Waals surface area contributed by atoms with Crippen LogP contribution in [-0.2, 0) is 11.8 Å². The Morgan fingerprint density at radius 2 is 1.79 bits per heavy atom. The molecular weight excluding hydrogens is 416 g/mol. The number of anilines is 1. The van der Waals surface area contributed by atoms with Gasteiger partial charge in [0.15, 0.2) is 0 Å². The molecule has 174 valence electrons. The first kappa shape index (κ1) is 22.8. The molecule has 2 aromatic heterocycles. The third-order valence-electron chi connectivity index (χ3n) is 6.71. The minimum absolute atomic E-state index is 0.118. The summed E-state index contributed by atoms with van der Waals surface area (Å²) < 4.78 is 1.74. The lowest BCUT2D eigenvalue weighted by atomic mass is 9.83. The molecule has 1 atom stereocenters. The van der Waals surface area contributed by atoms with Crippen molar-refractivity contribution in [2.24, 2.45) is 13.0 Å². The molecule has 2 amide bonds. The average Bonchev–Trinajstić information content (AvgIpc) is 3.33. The van der Waals surface area contributed by atoms with E-state index in [1.807, 2.05) is 45.0 Å². The number of carbonyl (C=O) groups excluding carboxylic acids is 2. The highest BCUT2D eigenvalue weighted by atomic mass is 16.2. The lowest BCUT2D eigenvalue weighted by molar-refractivity contribution is -0.119. The zero-order chi connectivity index (χ0) is 23.5. The lowest BCUT2D eigenvalue weighted by Gasteiger charge is -2.30. The van der Waals surface area contributed by atoms with Gasteiger partial charge in [0.2, 0.25) is 5.91 Å². The van der Waals surface area contributed by atoms with Crippen molar-refractivity contribution >= 4 is 17.5 Å². The number of aryl methyl sites for hydroxylation is 3. The molecule has 0 aliphatic heterocycles. The molecule has 0 unspecified atom stereocenters. The predicted molar refractivity (Wildman–Crippen MR) is 128 cm³/mol. The number of hydrogen-bond acceptors (Lipinski definition) is 4. The lowest BCUT2D eigenvalue weighted by Crippen LogP contribution is -2.49. The largest absolute Gasteiger partial charge is 0.339 e. The molecule has 0 radical (unpaired) electrons. The van der Waals surface area contributed by atoms with E-state index < -0.39 is 6.04 Å². The van der Waals surface area contributed by atoms with Gasteiger partial charge >= 0.3 is 0 Å². The Bertz CT molecular complexity index is 1120. The van der Waals surface area contributed by atoms with Crippen molar-refractivity contribution in [2.45, 2.75) is 58.9 Å². The van der Waals surface area contributed by atoms with Gasteiger partial charge in [-0.2, -0.15) is 5.10 Å². The summed E-state index contributed by atoms with van der Waals surface area (Å²) in [5.74, 6) is 0.414. The van der Waals surface area contributed by atoms with Crippen molar-refractivity contribution in [3.63, 3.8) is 0 Å². The maximum atomic E-state index is 13.3. The van der Waals surface area contributed by atoms with Crippen molar-refractivity contribution in [3.8, 4) is 11.1 Å². The second kappa shape index (κ2) is 9.60. The fraction of sp³-hybridized carbons (Fsp3) is 0.440. The number of hydrogen-bond donors (Lipinski definition) is 3. The van der Waals surface area contributed by atoms with Crippen LogP contribution in [0.1, 0.15) is 59.8 Å². The second-order valence-electron chi connectivity index (χ2n) is 8.97. The normalized spacial score (nSPS) is 15.3. The van der Waals surface area contributed by atoms with E-state index in [1.54, 1.807) is 17.8 Å². The van der Waals surface area contributed by atoms with Gasteiger partial charge in [0, 0.05) is 24.0 Å². The first-order valence-corrected chi connectivity index (χ1v) is 11.6. The molecule has 1 aliphatic carbocycles. The summed E-state index contributed by atoms with van der Waals surface area (Å²) in [4.78, 5) is 30.5. The number of nitrogens with one attached hydrogen (secondary N) is 3. The van der Waals surface area contributed by atoms with Gasteiger partial charge in [-0.1, -0.05) is 31.4 Å². The topological polar surface area (TPSA) is 105 Å². The molecule has 0 spiro atoms. The van der Waals surface area contributed by atoms with E-state index in [2.05, 4.69) is 25.8 Å². The molecule has 2 heterocycles.